The lowest BCUT2D eigenvalue weighted by atomic mass is 9.80. The predicted molar refractivity (Wildman–Crippen MR) is 55.9 cm³/mol. The molecule has 0 aliphatic carbocycles. The molecule has 72 valence electrons. The summed E-state index contributed by atoms with van der Waals surface area (Å²) >= 11 is 0. The predicted octanol–water partition coefficient (Wildman–Crippen LogP) is 3.18. The smallest absolute Gasteiger partial charge is 0.115 e. The van der Waals surface area contributed by atoms with E-state index in [4.69, 9.17) is 4.74 Å². The summed E-state index contributed by atoms with van der Waals surface area (Å²) < 4.78 is 6.08. The lowest BCUT2D eigenvalue weighted by Gasteiger charge is -2.28. The van der Waals surface area contributed by atoms with Gasteiger partial charge in [-0.2, -0.15) is 0 Å². The van der Waals surface area contributed by atoms with Gasteiger partial charge in [-0.3, -0.25) is 0 Å². The Morgan fingerprint density at radius 1 is 1.29 bits per heavy atom. The summed E-state index contributed by atoms with van der Waals surface area (Å²) in [5.74, 6) is 0.493. The quantitative estimate of drug-likeness (QED) is 0.612. The van der Waals surface area contributed by atoms with E-state index in [0.29, 0.717) is 5.92 Å². The van der Waals surface area contributed by atoms with E-state index >= 15 is 0 Å². The Bertz CT molecular complexity index is 405. The molecule has 1 aromatic rings. The Hall–Kier alpha value is -1.08. The van der Waals surface area contributed by atoms with Crippen molar-refractivity contribution >= 4 is 0 Å². The first-order valence-corrected chi connectivity index (χ1v) is 5.20. The molecule has 2 unspecified atom stereocenters. The van der Waals surface area contributed by atoms with Crippen LogP contribution in [0.25, 0.3) is 0 Å². The van der Waals surface area contributed by atoms with Crippen molar-refractivity contribution in [3.05, 3.63) is 47.5 Å². The number of ether oxygens (including phenoxy) is 1. The molecular weight excluding hydrogens is 172 g/mol. The van der Waals surface area contributed by atoms with Gasteiger partial charge in [0.1, 0.15) is 11.7 Å². The topological polar surface area (TPSA) is 9.23 Å². The minimum Gasteiger partial charge on any atom is -0.354 e. The Labute approximate surface area is 84.4 Å². The van der Waals surface area contributed by atoms with Gasteiger partial charge in [0.25, 0.3) is 0 Å². The second-order valence-corrected chi connectivity index (χ2v) is 4.43. The van der Waals surface area contributed by atoms with Gasteiger partial charge < -0.3 is 4.74 Å². The van der Waals surface area contributed by atoms with Crippen molar-refractivity contribution in [2.45, 2.75) is 25.6 Å². The van der Waals surface area contributed by atoms with Crippen LogP contribution in [0.4, 0.5) is 0 Å². The molecule has 0 amide bonds. The molecule has 2 bridgehead atoms. The van der Waals surface area contributed by atoms with Gasteiger partial charge in [-0.15, -0.1) is 0 Å². The molecule has 1 aromatic carbocycles. The summed E-state index contributed by atoms with van der Waals surface area (Å²) in [6.07, 6.45) is 4.61. The zero-order valence-corrected chi connectivity index (χ0v) is 8.53. The fourth-order valence-electron chi connectivity index (χ4n) is 2.58. The molecule has 3 rings (SSSR count). The summed E-state index contributed by atoms with van der Waals surface area (Å²) in [5, 5.41) is 0. The summed E-state index contributed by atoms with van der Waals surface area (Å²) in [4.78, 5) is 0. The van der Waals surface area contributed by atoms with Crippen molar-refractivity contribution in [2.24, 2.45) is 5.92 Å². The van der Waals surface area contributed by atoms with Crippen LogP contribution < -0.4 is 0 Å². The van der Waals surface area contributed by atoms with Gasteiger partial charge in [-0.05, 0) is 23.1 Å². The van der Waals surface area contributed by atoms with Gasteiger partial charge in [0.05, 0.1) is 0 Å². The Morgan fingerprint density at radius 2 is 2.07 bits per heavy atom. The number of hydrogen-bond donors (Lipinski definition) is 0. The molecule has 2 heterocycles. The van der Waals surface area contributed by atoms with Crippen LogP contribution in [0.2, 0.25) is 0 Å². The van der Waals surface area contributed by atoms with Crippen LogP contribution in [-0.4, -0.2) is 0 Å². The second-order valence-electron chi connectivity index (χ2n) is 4.43. The molecule has 0 aromatic heterocycles. The molecule has 2 aliphatic rings. The maximum absolute atomic E-state index is 6.08. The van der Waals surface area contributed by atoms with Gasteiger partial charge in [-0.25, -0.2) is 0 Å². The molecule has 0 saturated heterocycles. The molecule has 0 fully saturated rings. The van der Waals surface area contributed by atoms with Crippen LogP contribution in [0.5, 0.6) is 0 Å². The van der Waals surface area contributed by atoms with Crippen LogP contribution >= 0.6 is 0 Å². The van der Waals surface area contributed by atoms with Gasteiger partial charge in [-0.1, -0.05) is 44.2 Å². The molecule has 1 nitrogen and oxygen atoms in total. The van der Waals surface area contributed by atoms with Crippen molar-refractivity contribution < 1.29 is 4.74 Å². The van der Waals surface area contributed by atoms with Crippen molar-refractivity contribution in [3.8, 4) is 0 Å². The van der Waals surface area contributed by atoms with Crippen LogP contribution in [0.1, 0.15) is 31.1 Å². The van der Waals surface area contributed by atoms with E-state index in [2.05, 4.69) is 50.3 Å². The minimum absolute atomic E-state index is 0.138. The minimum atomic E-state index is -0.138. The second kappa shape index (κ2) is 2.48. The molecule has 2 atom stereocenters. The molecule has 0 radical (unpaired) electrons. The maximum Gasteiger partial charge on any atom is 0.115 e. The molecule has 1 heteroatoms. The first-order valence-electron chi connectivity index (χ1n) is 5.20. The lowest BCUT2D eigenvalue weighted by molar-refractivity contribution is -0.0349. The highest BCUT2D eigenvalue weighted by Gasteiger charge is 2.48. The monoisotopic (exact) mass is 186 g/mol. The summed E-state index contributed by atoms with van der Waals surface area (Å²) in [5.41, 5.74) is 2.58. The number of fused-ring (bicyclic) bond motifs is 5. The van der Waals surface area contributed by atoms with Gasteiger partial charge >= 0.3 is 0 Å². The maximum atomic E-state index is 6.08. The van der Waals surface area contributed by atoms with Crippen LogP contribution in [0.15, 0.2) is 36.4 Å². The van der Waals surface area contributed by atoms with Gasteiger partial charge in [0.15, 0.2) is 0 Å². The third-order valence-corrected chi connectivity index (χ3v) is 3.39. The zero-order chi connectivity index (χ0) is 9.76. The normalized spacial score (nSPS) is 32.6. The van der Waals surface area contributed by atoms with Crippen LogP contribution in [0.3, 0.4) is 0 Å². The van der Waals surface area contributed by atoms with Crippen molar-refractivity contribution in [3.63, 3.8) is 0 Å². The van der Waals surface area contributed by atoms with E-state index in [9.17, 15) is 0 Å². The van der Waals surface area contributed by atoms with E-state index < -0.39 is 0 Å². The van der Waals surface area contributed by atoms with E-state index in [0.717, 1.165) is 0 Å². The Balaban J connectivity index is 2.23. The standard InChI is InChI=1S/C13H14O/c1-9(2)13-8-7-12(14-13)10-5-3-4-6-11(10)13/h3-9,12H,1-2H3. The van der Waals surface area contributed by atoms with Crippen molar-refractivity contribution in [1.82, 2.24) is 0 Å². The number of hydrogen-bond acceptors (Lipinski definition) is 1. The van der Waals surface area contributed by atoms with Crippen molar-refractivity contribution in [1.29, 1.82) is 0 Å². The largest absolute Gasteiger partial charge is 0.354 e. The van der Waals surface area contributed by atoms with Gasteiger partial charge in [0, 0.05) is 0 Å². The fourth-order valence-corrected chi connectivity index (χ4v) is 2.58. The zero-order valence-electron chi connectivity index (χ0n) is 8.53. The highest BCUT2D eigenvalue weighted by molar-refractivity contribution is 5.47. The Morgan fingerprint density at radius 3 is 2.86 bits per heavy atom. The molecule has 2 aliphatic heterocycles. The number of benzene rings is 1. The van der Waals surface area contributed by atoms with E-state index in [1.54, 1.807) is 0 Å². The van der Waals surface area contributed by atoms with E-state index in [-0.39, 0.29) is 11.7 Å². The molecular formula is C13H14O. The van der Waals surface area contributed by atoms with E-state index in [1.165, 1.54) is 11.1 Å². The average Bonchev–Trinajstić information content (AvgIpc) is 2.75. The third kappa shape index (κ3) is 0.788. The average molecular weight is 186 g/mol. The van der Waals surface area contributed by atoms with Gasteiger partial charge in [0.2, 0.25) is 0 Å². The molecule has 0 N–H and O–H groups in total. The third-order valence-electron chi connectivity index (χ3n) is 3.39. The molecule has 0 spiro atoms. The lowest BCUT2D eigenvalue weighted by Crippen LogP contribution is -2.27. The highest BCUT2D eigenvalue weighted by atomic mass is 16.5. The molecule has 14 heavy (non-hydrogen) atoms. The molecule has 0 saturated carbocycles. The van der Waals surface area contributed by atoms with Crippen LogP contribution in [-0.2, 0) is 10.3 Å². The first-order chi connectivity index (χ1) is 6.74. The van der Waals surface area contributed by atoms with Crippen molar-refractivity contribution in [2.75, 3.05) is 0 Å². The Kier molecular flexibility index (Phi) is 1.46. The SMILES string of the molecule is CC(C)C12C=CC(O1)c1ccccc12. The summed E-state index contributed by atoms with van der Waals surface area (Å²) in [7, 11) is 0. The van der Waals surface area contributed by atoms with E-state index in [1.807, 2.05) is 0 Å². The fraction of sp³-hybridized carbons (Fsp3) is 0.385. The first kappa shape index (κ1) is 8.25. The van der Waals surface area contributed by atoms with Crippen LogP contribution in [0, 0.1) is 5.92 Å². The highest BCUT2D eigenvalue weighted by Crippen LogP contribution is 2.53. The number of rotatable bonds is 1. The summed E-state index contributed by atoms with van der Waals surface area (Å²) in [6.45, 7) is 4.43. The summed E-state index contributed by atoms with van der Waals surface area (Å²) in [6, 6.07) is 8.55.